The average Bonchev–Trinajstić information content (AvgIpc) is 2.82. The van der Waals surface area contributed by atoms with Gasteiger partial charge in [0.25, 0.3) is 0 Å². The number of rotatable bonds is 5. The van der Waals surface area contributed by atoms with Crippen molar-refractivity contribution in [2.45, 2.75) is 25.9 Å². The van der Waals surface area contributed by atoms with Crippen LogP contribution in [0, 0.1) is 11.7 Å². The van der Waals surface area contributed by atoms with Crippen LogP contribution in [-0.2, 0) is 11.3 Å². The Morgan fingerprint density at radius 3 is 2.73 bits per heavy atom. The molecule has 0 radical (unpaired) electrons. The minimum atomic E-state index is -0.269. The first-order valence-electron chi connectivity index (χ1n) is 7.42. The summed E-state index contributed by atoms with van der Waals surface area (Å²) in [6.45, 7) is 4.34. The molecule has 0 spiro atoms. The standard InChI is InChI=1S/C16H24FN3O.ClH/c1-12-7-13(8-18)9-20(12)11-16(21)19(2)10-14-5-3-4-6-15(14)17;/h3-6,12-13H,7-11,18H2,1-2H3;1H. The third-order valence-electron chi connectivity index (χ3n) is 4.25. The molecule has 2 N–H and O–H groups in total. The first-order chi connectivity index (χ1) is 10.0. The van der Waals surface area contributed by atoms with Crippen molar-refractivity contribution in [3.05, 3.63) is 35.6 Å². The topological polar surface area (TPSA) is 49.6 Å². The highest BCUT2D eigenvalue weighted by atomic mass is 35.5. The summed E-state index contributed by atoms with van der Waals surface area (Å²) in [5.41, 5.74) is 6.25. The molecule has 2 unspecified atom stereocenters. The van der Waals surface area contributed by atoms with E-state index in [-0.39, 0.29) is 24.1 Å². The van der Waals surface area contributed by atoms with Crippen LogP contribution in [0.4, 0.5) is 4.39 Å². The number of nitrogens with zero attached hydrogens (tertiary/aromatic N) is 2. The molecule has 1 aromatic rings. The number of amides is 1. The molecule has 1 amide bonds. The fourth-order valence-electron chi connectivity index (χ4n) is 2.87. The molecule has 1 aliphatic heterocycles. The monoisotopic (exact) mass is 329 g/mol. The van der Waals surface area contributed by atoms with Gasteiger partial charge in [-0.3, -0.25) is 9.69 Å². The predicted octanol–water partition coefficient (Wildman–Crippen LogP) is 1.88. The summed E-state index contributed by atoms with van der Waals surface area (Å²) in [7, 11) is 1.72. The third kappa shape index (κ3) is 4.66. The van der Waals surface area contributed by atoms with Crippen LogP contribution < -0.4 is 5.73 Å². The second kappa shape index (κ2) is 8.46. The molecule has 1 aromatic carbocycles. The summed E-state index contributed by atoms with van der Waals surface area (Å²) >= 11 is 0. The lowest BCUT2D eigenvalue weighted by Gasteiger charge is -2.24. The summed E-state index contributed by atoms with van der Waals surface area (Å²) in [6.07, 6.45) is 1.04. The molecule has 1 heterocycles. The van der Waals surface area contributed by atoms with Gasteiger partial charge in [-0.25, -0.2) is 4.39 Å². The normalized spacial score (nSPS) is 21.5. The quantitative estimate of drug-likeness (QED) is 0.897. The van der Waals surface area contributed by atoms with Crippen molar-refractivity contribution in [1.29, 1.82) is 0 Å². The first-order valence-corrected chi connectivity index (χ1v) is 7.42. The Morgan fingerprint density at radius 1 is 1.45 bits per heavy atom. The van der Waals surface area contributed by atoms with Gasteiger partial charge in [0.15, 0.2) is 0 Å². The molecule has 0 aliphatic carbocycles. The van der Waals surface area contributed by atoms with E-state index in [1.807, 2.05) is 0 Å². The van der Waals surface area contributed by atoms with Crippen molar-refractivity contribution in [3.63, 3.8) is 0 Å². The van der Waals surface area contributed by atoms with Crippen LogP contribution in [0.1, 0.15) is 18.9 Å². The van der Waals surface area contributed by atoms with Crippen molar-refractivity contribution >= 4 is 18.3 Å². The maximum Gasteiger partial charge on any atom is 0.236 e. The fraction of sp³-hybridized carbons (Fsp3) is 0.562. The highest BCUT2D eigenvalue weighted by Crippen LogP contribution is 2.21. The van der Waals surface area contributed by atoms with Gasteiger partial charge in [-0.05, 0) is 31.9 Å². The molecular formula is C16H25ClFN3O. The number of hydrogen-bond donors (Lipinski definition) is 1. The van der Waals surface area contributed by atoms with Crippen molar-refractivity contribution < 1.29 is 9.18 Å². The number of halogens is 2. The molecule has 2 atom stereocenters. The molecule has 22 heavy (non-hydrogen) atoms. The van der Waals surface area contributed by atoms with Crippen LogP contribution >= 0.6 is 12.4 Å². The van der Waals surface area contributed by atoms with Gasteiger partial charge < -0.3 is 10.6 Å². The Balaban J connectivity index is 0.00000242. The molecule has 0 bridgehead atoms. The maximum absolute atomic E-state index is 13.6. The average molecular weight is 330 g/mol. The number of carbonyl (C=O) groups excluding carboxylic acids is 1. The lowest BCUT2D eigenvalue weighted by Crippen LogP contribution is -2.40. The Kier molecular flexibility index (Phi) is 7.26. The summed E-state index contributed by atoms with van der Waals surface area (Å²) in [4.78, 5) is 16.0. The van der Waals surface area contributed by atoms with Crippen molar-refractivity contribution in [1.82, 2.24) is 9.80 Å². The minimum Gasteiger partial charge on any atom is -0.340 e. The number of carbonyl (C=O) groups is 1. The number of benzene rings is 1. The number of likely N-dealkylation sites (tertiary alicyclic amines) is 1. The Labute approximate surface area is 137 Å². The summed E-state index contributed by atoms with van der Waals surface area (Å²) in [6, 6.07) is 6.94. The highest BCUT2D eigenvalue weighted by molar-refractivity contribution is 5.85. The molecule has 1 fully saturated rings. The van der Waals surface area contributed by atoms with Crippen molar-refractivity contribution in [2.24, 2.45) is 11.7 Å². The van der Waals surface area contributed by atoms with Gasteiger partial charge in [-0.15, -0.1) is 12.4 Å². The van der Waals surface area contributed by atoms with E-state index in [1.165, 1.54) is 6.07 Å². The van der Waals surface area contributed by atoms with E-state index in [0.717, 1.165) is 13.0 Å². The summed E-state index contributed by atoms with van der Waals surface area (Å²) in [5, 5.41) is 0. The van der Waals surface area contributed by atoms with E-state index in [2.05, 4.69) is 11.8 Å². The fourth-order valence-corrected chi connectivity index (χ4v) is 2.87. The molecule has 0 aromatic heterocycles. The second-order valence-electron chi connectivity index (χ2n) is 5.96. The van der Waals surface area contributed by atoms with E-state index in [4.69, 9.17) is 5.73 Å². The van der Waals surface area contributed by atoms with Crippen LogP contribution in [0.5, 0.6) is 0 Å². The van der Waals surface area contributed by atoms with Gasteiger partial charge in [0.05, 0.1) is 6.54 Å². The van der Waals surface area contributed by atoms with Crippen molar-refractivity contribution in [2.75, 3.05) is 26.7 Å². The number of nitrogens with two attached hydrogens (primary N) is 1. The minimum absolute atomic E-state index is 0. The van der Waals surface area contributed by atoms with E-state index in [1.54, 1.807) is 30.1 Å². The first kappa shape index (κ1) is 18.9. The molecule has 2 rings (SSSR count). The van der Waals surface area contributed by atoms with Gasteiger partial charge in [-0.1, -0.05) is 18.2 Å². The van der Waals surface area contributed by atoms with Crippen LogP contribution in [0.25, 0.3) is 0 Å². The van der Waals surface area contributed by atoms with Crippen LogP contribution in [-0.4, -0.2) is 48.4 Å². The highest BCUT2D eigenvalue weighted by Gasteiger charge is 2.30. The second-order valence-corrected chi connectivity index (χ2v) is 5.96. The van der Waals surface area contributed by atoms with Gasteiger partial charge in [0, 0.05) is 31.7 Å². The zero-order valence-electron chi connectivity index (χ0n) is 13.2. The van der Waals surface area contributed by atoms with Crippen LogP contribution in [0.2, 0.25) is 0 Å². The van der Waals surface area contributed by atoms with Gasteiger partial charge in [0.2, 0.25) is 5.91 Å². The molecule has 6 heteroatoms. The maximum atomic E-state index is 13.6. The molecule has 0 saturated carbocycles. The van der Waals surface area contributed by atoms with E-state index in [0.29, 0.717) is 37.2 Å². The van der Waals surface area contributed by atoms with Gasteiger partial charge in [0.1, 0.15) is 5.82 Å². The lowest BCUT2D eigenvalue weighted by molar-refractivity contribution is -0.131. The zero-order chi connectivity index (χ0) is 15.4. The number of likely N-dealkylation sites (N-methyl/N-ethyl adjacent to an activating group) is 1. The zero-order valence-corrected chi connectivity index (χ0v) is 14.0. The predicted molar refractivity (Wildman–Crippen MR) is 88.3 cm³/mol. The summed E-state index contributed by atoms with van der Waals surface area (Å²) in [5.74, 6) is 0.224. The van der Waals surface area contributed by atoms with Gasteiger partial charge in [-0.2, -0.15) is 0 Å². The lowest BCUT2D eigenvalue weighted by atomic mass is 10.1. The third-order valence-corrected chi connectivity index (χ3v) is 4.25. The van der Waals surface area contributed by atoms with E-state index >= 15 is 0 Å². The van der Waals surface area contributed by atoms with Crippen molar-refractivity contribution in [3.8, 4) is 0 Å². The van der Waals surface area contributed by atoms with E-state index in [9.17, 15) is 9.18 Å². The Hall–Kier alpha value is -1.17. The molecule has 1 aliphatic rings. The Morgan fingerprint density at radius 2 is 2.14 bits per heavy atom. The SMILES string of the molecule is CC1CC(CN)CN1CC(=O)N(C)Cc1ccccc1F.Cl. The molecule has 124 valence electrons. The van der Waals surface area contributed by atoms with Crippen LogP contribution in [0.3, 0.4) is 0 Å². The largest absolute Gasteiger partial charge is 0.340 e. The Bertz CT molecular complexity index is 500. The summed E-state index contributed by atoms with van der Waals surface area (Å²) < 4.78 is 13.6. The smallest absolute Gasteiger partial charge is 0.236 e. The molecular weight excluding hydrogens is 305 g/mol. The molecule has 1 saturated heterocycles. The van der Waals surface area contributed by atoms with Crippen LogP contribution in [0.15, 0.2) is 24.3 Å². The molecule has 4 nitrogen and oxygen atoms in total. The van der Waals surface area contributed by atoms with Gasteiger partial charge >= 0.3 is 0 Å². The van der Waals surface area contributed by atoms with E-state index < -0.39 is 0 Å². The number of hydrogen-bond acceptors (Lipinski definition) is 3.